The maximum Gasteiger partial charge on any atom is 0.420 e. The third-order valence-corrected chi connectivity index (χ3v) is 4.92. The molecule has 0 radical (unpaired) electrons. The number of benzene rings is 2. The van der Waals surface area contributed by atoms with Gasteiger partial charge in [0.25, 0.3) is 0 Å². The van der Waals surface area contributed by atoms with Crippen molar-refractivity contribution in [1.29, 1.82) is 0 Å². The van der Waals surface area contributed by atoms with Crippen LogP contribution in [0.3, 0.4) is 0 Å². The van der Waals surface area contributed by atoms with Crippen molar-refractivity contribution >= 4 is 11.1 Å². The van der Waals surface area contributed by atoms with E-state index in [1.54, 1.807) is 30.3 Å². The molecule has 4 rings (SSSR count). The van der Waals surface area contributed by atoms with E-state index < -0.39 is 17.8 Å². The average molecular weight is 376 g/mol. The van der Waals surface area contributed by atoms with Gasteiger partial charge in [-0.25, -0.2) is 4.98 Å². The Balaban J connectivity index is 1.70. The van der Waals surface area contributed by atoms with Gasteiger partial charge in [-0.3, -0.25) is 0 Å². The lowest BCUT2D eigenvalue weighted by molar-refractivity contribution is -0.136. The number of fused-ring (bicyclic) bond motifs is 1. The number of hydrogen-bond acceptors (Lipinski definition) is 4. The summed E-state index contributed by atoms with van der Waals surface area (Å²) in [6.45, 7) is 0.230. The Hall–Kier alpha value is -2.38. The molecule has 1 saturated carbocycles. The van der Waals surface area contributed by atoms with E-state index in [1.807, 2.05) is 6.07 Å². The Bertz CT molecular complexity index is 938. The summed E-state index contributed by atoms with van der Waals surface area (Å²) in [6, 6.07) is 11.4. The summed E-state index contributed by atoms with van der Waals surface area (Å²) in [4.78, 5) is 4.27. The quantitative estimate of drug-likeness (QED) is 0.703. The van der Waals surface area contributed by atoms with E-state index in [2.05, 4.69) is 10.3 Å². The maximum absolute atomic E-state index is 13.6. The first-order valence-corrected chi connectivity index (χ1v) is 8.89. The fourth-order valence-corrected chi connectivity index (χ4v) is 3.54. The molecule has 0 bridgehead atoms. The fraction of sp³-hybridized carbons (Fsp3) is 0.350. The van der Waals surface area contributed by atoms with E-state index in [9.17, 15) is 18.3 Å². The topological polar surface area (TPSA) is 58.3 Å². The molecule has 1 aliphatic carbocycles. The molecular formula is C20H19F3N2O2. The summed E-state index contributed by atoms with van der Waals surface area (Å²) >= 11 is 0. The minimum Gasteiger partial charge on any atom is -0.435 e. The van der Waals surface area contributed by atoms with E-state index in [1.165, 1.54) is 0 Å². The van der Waals surface area contributed by atoms with Gasteiger partial charge in [-0.15, -0.1) is 0 Å². The largest absolute Gasteiger partial charge is 0.435 e. The first-order chi connectivity index (χ1) is 12.9. The van der Waals surface area contributed by atoms with Crippen LogP contribution in [0.1, 0.15) is 30.4 Å². The van der Waals surface area contributed by atoms with Crippen LogP contribution < -0.4 is 5.32 Å². The molecule has 2 N–H and O–H groups in total. The predicted molar refractivity (Wildman–Crippen MR) is 94.9 cm³/mol. The summed E-state index contributed by atoms with van der Waals surface area (Å²) in [5.41, 5.74) is 0.161. The van der Waals surface area contributed by atoms with Crippen LogP contribution in [0.15, 0.2) is 46.9 Å². The van der Waals surface area contributed by atoms with Gasteiger partial charge in [0.2, 0.25) is 5.89 Å². The van der Waals surface area contributed by atoms with E-state index in [-0.39, 0.29) is 29.6 Å². The smallest absolute Gasteiger partial charge is 0.420 e. The number of oxazole rings is 1. The molecule has 7 heteroatoms. The molecule has 0 amide bonds. The van der Waals surface area contributed by atoms with Crippen LogP contribution in [-0.2, 0) is 12.7 Å². The third-order valence-electron chi connectivity index (χ3n) is 4.92. The highest BCUT2D eigenvalue weighted by Gasteiger charge is 2.35. The van der Waals surface area contributed by atoms with Crippen LogP contribution >= 0.6 is 0 Å². The van der Waals surface area contributed by atoms with Crippen molar-refractivity contribution in [3.63, 3.8) is 0 Å². The molecular weight excluding hydrogens is 357 g/mol. The zero-order valence-electron chi connectivity index (χ0n) is 14.5. The van der Waals surface area contributed by atoms with Crippen LogP contribution in [0.25, 0.3) is 22.6 Å². The number of halogens is 3. The number of alkyl halides is 3. The highest BCUT2D eigenvalue weighted by molar-refractivity contribution is 5.80. The molecule has 2 atom stereocenters. The van der Waals surface area contributed by atoms with E-state index >= 15 is 0 Å². The number of nitrogens with one attached hydrogen (secondary N) is 1. The van der Waals surface area contributed by atoms with Crippen LogP contribution in [0.5, 0.6) is 0 Å². The van der Waals surface area contributed by atoms with Crippen molar-refractivity contribution in [2.45, 2.75) is 44.1 Å². The second-order valence-electron chi connectivity index (χ2n) is 6.86. The number of aliphatic hydroxyl groups excluding tert-OH is 1. The first kappa shape index (κ1) is 18.0. The van der Waals surface area contributed by atoms with Crippen LogP contribution in [0, 0.1) is 0 Å². The zero-order valence-corrected chi connectivity index (χ0v) is 14.5. The van der Waals surface area contributed by atoms with Crippen LogP contribution in [-0.4, -0.2) is 22.2 Å². The van der Waals surface area contributed by atoms with Gasteiger partial charge in [-0.1, -0.05) is 18.2 Å². The number of hydrogen-bond donors (Lipinski definition) is 2. The van der Waals surface area contributed by atoms with Crippen molar-refractivity contribution in [1.82, 2.24) is 10.3 Å². The van der Waals surface area contributed by atoms with E-state index in [4.69, 9.17) is 4.42 Å². The van der Waals surface area contributed by atoms with Gasteiger partial charge in [-0.2, -0.15) is 13.2 Å². The van der Waals surface area contributed by atoms with Crippen molar-refractivity contribution in [3.8, 4) is 11.5 Å². The van der Waals surface area contributed by atoms with Crippen molar-refractivity contribution in [2.24, 2.45) is 0 Å². The number of rotatable bonds is 4. The molecule has 3 aromatic rings. The van der Waals surface area contributed by atoms with Crippen molar-refractivity contribution < 1.29 is 22.7 Å². The van der Waals surface area contributed by atoms with Gasteiger partial charge in [0.1, 0.15) is 11.1 Å². The molecule has 142 valence electrons. The standard InChI is InChI=1S/C20H19F3N2O2/c21-20(22,23)14-9-12(11-24-15-7-4-8-17(15)26)10-16-18(14)27-19(25-16)13-5-2-1-3-6-13/h1-3,5-6,9-10,15,17,24,26H,4,7-8,11H2. The molecule has 4 nitrogen and oxygen atoms in total. The molecule has 1 aliphatic rings. The Labute approximate surface area is 154 Å². The van der Waals surface area contributed by atoms with Crippen molar-refractivity contribution in [2.75, 3.05) is 0 Å². The summed E-state index contributed by atoms with van der Waals surface area (Å²) in [7, 11) is 0. The number of aromatic nitrogens is 1. The predicted octanol–water partition coefficient (Wildman–Crippen LogP) is 4.52. The summed E-state index contributed by atoms with van der Waals surface area (Å²) in [6.07, 6.45) is -2.55. The molecule has 2 aromatic carbocycles. The molecule has 0 spiro atoms. The fourth-order valence-electron chi connectivity index (χ4n) is 3.54. The van der Waals surface area contributed by atoms with Crippen LogP contribution in [0.4, 0.5) is 13.2 Å². The molecule has 1 aromatic heterocycles. The molecule has 0 aliphatic heterocycles. The second-order valence-corrected chi connectivity index (χ2v) is 6.86. The molecule has 27 heavy (non-hydrogen) atoms. The minimum atomic E-state index is -4.55. The zero-order chi connectivity index (χ0) is 19.0. The Kier molecular flexibility index (Phi) is 4.65. The second kappa shape index (κ2) is 6.98. The molecule has 1 heterocycles. The average Bonchev–Trinajstić information content (AvgIpc) is 3.25. The first-order valence-electron chi connectivity index (χ1n) is 8.89. The van der Waals surface area contributed by atoms with E-state index in [0.717, 1.165) is 18.9 Å². The van der Waals surface area contributed by atoms with E-state index in [0.29, 0.717) is 17.5 Å². The third kappa shape index (κ3) is 3.70. The number of nitrogens with zero attached hydrogens (tertiary/aromatic N) is 1. The minimum absolute atomic E-state index is 0.0905. The lowest BCUT2D eigenvalue weighted by Gasteiger charge is -2.17. The maximum atomic E-state index is 13.6. The normalized spacial score (nSPS) is 20.4. The van der Waals surface area contributed by atoms with Crippen molar-refractivity contribution in [3.05, 3.63) is 53.6 Å². The molecule has 2 unspecified atom stereocenters. The van der Waals surface area contributed by atoms with Gasteiger partial charge in [0.15, 0.2) is 5.58 Å². The van der Waals surface area contributed by atoms with Gasteiger partial charge >= 0.3 is 6.18 Å². The monoisotopic (exact) mass is 376 g/mol. The molecule has 1 fully saturated rings. The summed E-state index contributed by atoms with van der Waals surface area (Å²) in [5, 5.41) is 13.0. The summed E-state index contributed by atoms with van der Waals surface area (Å²) in [5.74, 6) is 0.160. The highest BCUT2D eigenvalue weighted by atomic mass is 19.4. The molecule has 0 saturated heterocycles. The Morgan fingerprint density at radius 3 is 2.59 bits per heavy atom. The summed E-state index contributed by atoms with van der Waals surface area (Å²) < 4.78 is 46.2. The lowest BCUT2D eigenvalue weighted by Crippen LogP contribution is -2.35. The SMILES string of the molecule is OC1CCCC1NCc1cc(C(F)(F)F)c2oc(-c3ccccc3)nc2c1. The van der Waals surface area contributed by atoms with Gasteiger partial charge < -0.3 is 14.8 Å². The Morgan fingerprint density at radius 2 is 1.93 bits per heavy atom. The lowest BCUT2D eigenvalue weighted by atomic mass is 10.1. The van der Waals surface area contributed by atoms with Gasteiger partial charge in [0.05, 0.1) is 6.10 Å². The van der Waals surface area contributed by atoms with Gasteiger partial charge in [0, 0.05) is 18.2 Å². The van der Waals surface area contributed by atoms with Gasteiger partial charge in [-0.05, 0) is 49.1 Å². The highest BCUT2D eigenvalue weighted by Crippen LogP contribution is 2.37. The number of aliphatic hydroxyl groups is 1. The van der Waals surface area contributed by atoms with Crippen LogP contribution in [0.2, 0.25) is 0 Å². The Morgan fingerprint density at radius 1 is 1.15 bits per heavy atom.